The molecule has 0 aliphatic carbocycles. The minimum Gasteiger partial charge on any atom is -0.326 e. The monoisotopic (exact) mass is 333 g/mol. The van der Waals surface area contributed by atoms with E-state index in [-0.39, 0.29) is 29.3 Å². The van der Waals surface area contributed by atoms with E-state index >= 15 is 0 Å². The summed E-state index contributed by atoms with van der Waals surface area (Å²) in [5, 5.41) is 5.83. The fourth-order valence-electron chi connectivity index (χ4n) is 2.15. The second-order valence-electron chi connectivity index (χ2n) is 4.85. The van der Waals surface area contributed by atoms with Crippen molar-refractivity contribution >= 4 is 34.0 Å². The standard InChI is InChI=1S/C13H19N3O3S.ClH/c1-10(17)16-11-4-6-13(7-5-11)20(18,19)15-9-12-3-2-8-14-12;/h4-7,12,14-15H,2-3,8-9H2,1H3,(H,16,17);1H. The molecule has 0 radical (unpaired) electrons. The van der Waals surface area contributed by atoms with E-state index in [1.807, 2.05) is 0 Å². The van der Waals surface area contributed by atoms with Crippen LogP contribution in [0.1, 0.15) is 19.8 Å². The van der Waals surface area contributed by atoms with Crippen molar-refractivity contribution in [3.8, 4) is 0 Å². The largest absolute Gasteiger partial charge is 0.326 e. The van der Waals surface area contributed by atoms with Crippen molar-refractivity contribution < 1.29 is 13.2 Å². The van der Waals surface area contributed by atoms with Crippen molar-refractivity contribution in [1.82, 2.24) is 10.0 Å². The summed E-state index contributed by atoms with van der Waals surface area (Å²) in [4.78, 5) is 11.1. The Morgan fingerprint density at radius 2 is 2.00 bits per heavy atom. The van der Waals surface area contributed by atoms with E-state index in [2.05, 4.69) is 15.4 Å². The average Bonchev–Trinajstić information content (AvgIpc) is 2.89. The van der Waals surface area contributed by atoms with Crippen LogP contribution in [0.25, 0.3) is 0 Å². The molecule has 0 bridgehead atoms. The Morgan fingerprint density at radius 1 is 1.33 bits per heavy atom. The van der Waals surface area contributed by atoms with Gasteiger partial charge in [-0.3, -0.25) is 4.79 Å². The Hall–Kier alpha value is -1.15. The van der Waals surface area contributed by atoms with Crippen molar-refractivity contribution in [2.24, 2.45) is 0 Å². The van der Waals surface area contributed by atoms with Gasteiger partial charge in [-0.1, -0.05) is 0 Å². The molecule has 1 amide bonds. The van der Waals surface area contributed by atoms with Crippen LogP contribution in [-0.4, -0.2) is 33.5 Å². The molecule has 1 aliphatic rings. The normalized spacial score (nSPS) is 18.0. The Labute approximate surface area is 131 Å². The van der Waals surface area contributed by atoms with E-state index < -0.39 is 10.0 Å². The predicted molar refractivity (Wildman–Crippen MR) is 84.2 cm³/mol. The lowest BCUT2D eigenvalue weighted by atomic mass is 10.2. The van der Waals surface area contributed by atoms with E-state index in [1.54, 1.807) is 12.1 Å². The summed E-state index contributed by atoms with van der Waals surface area (Å²) in [6.07, 6.45) is 2.07. The molecule has 0 saturated carbocycles. The third kappa shape index (κ3) is 5.28. The van der Waals surface area contributed by atoms with Crippen molar-refractivity contribution in [1.29, 1.82) is 0 Å². The molecule has 2 rings (SSSR count). The summed E-state index contributed by atoms with van der Waals surface area (Å²) in [5.41, 5.74) is 0.578. The Balaban J connectivity index is 0.00000220. The number of hydrogen-bond acceptors (Lipinski definition) is 4. The summed E-state index contributed by atoms with van der Waals surface area (Å²) in [6.45, 7) is 2.74. The number of halogens is 1. The van der Waals surface area contributed by atoms with Gasteiger partial charge in [-0.05, 0) is 43.7 Å². The third-order valence-corrected chi connectivity index (χ3v) is 4.61. The minimum atomic E-state index is -3.50. The number of benzene rings is 1. The lowest BCUT2D eigenvalue weighted by Crippen LogP contribution is -2.37. The van der Waals surface area contributed by atoms with Crippen molar-refractivity contribution in [2.45, 2.75) is 30.7 Å². The van der Waals surface area contributed by atoms with Crippen LogP contribution in [0.15, 0.2) is 29.2 Å². The maximum atomic E-state index is 12.1. The number of nitrogens with one attached hydrogen (secondary N) is 3. The maximum absolute atomic E-state index is 12.1. The van der Waals surface area contributed by atoms with Crippen LogP contribution < -0.4 is 15.4 Å². The molecule has 1 fully saturated rings. The lowest BCUT2D eigenvalue weighted by Gasteiger charge is -2.12. The molecule has 1 atom stereocenters. The summed E-state index contributed by atoms with van der Waals surface area (Å²) < 4.78 is 26.8. The number of carbonyl (C=O) groups excluding carboxylic acids is 1. The molecule has 6 nitrogen and oxygen atoms in total. The lowest BCUT2D eigenvalue weighted by molar-refractivity contribution is -0.114. The van der Waals surface area contributed by atoms with Gasteiger partial charge in [0.1, 0.15) is 0 Å². The van der Waals surface area contributed by atoms with Gasteiger partial charge in [0.2, 0.25) is 15.9 Å². The molecular weight excluding hydrogens is 314 g/mol. The van der Waals surface area contributed by atoms with Gasteiger partial charge in [-0.25, -0.2) is 13.1 Å². The zero-order chi connectivity index (χ0) is 14.6. The highest BCUT2D eigenvalue weighted by Crippen LogP contribution is 2.14. The van der Waals surface area contributed by atoms with E-state index in [0.29, 0.717) is 12.2 Å². The number of amides is 1. The number of hydrogen-bond donors (Lipinski definition) is 3. The zero-order valence-electron chi connectivity index (χ0n) is 11.8. The molecular formula is C13H20ClN3O3S. The fraction of sp³-hybridized carbons (Fsp3) is 0.462. The van der Waals surface area contributed by atoms with Crippen LogP contribution in [0.4, 0.5) is 5.69 Å². The minimum absolute atomic E-state index is 0. The van der Waals surface area contributed by atoms with Crippen LogP contribution in [0.5, 0.6) is 0 Å². The van der Waals surface area contributed by atoms with Gasteiger partial charge < -0.3 is 10.6 Å². The fourth-order valence-corrected chi connectivity index (χ4v) is 3.23. The van der Waals surface area contributed by atoms with Crippen molar-refractivity contribution in [2.75, 3.05) is 18.4 Å². The Bertz CT molecular complexity index is 569. The summed E-state index contributed by atoms with van der Waals surface area (Å²) in [6, 6.07) is 6.32. The zero-order valence-corrected chi connectivity index (χ0v) is 13.4. The Kier molecular flexibility index (Phi) is 6.60. The van der Waals surface area contributed by atoms with Gasteiger partial charge in [-0.2, -0.15) is 0 Å². The van der Waals surface area contributed by atoms with E-state index in [1.165, 1.54) is 19.1 Å². The molecule has 1 aliphatic heterocycles. The number of rotatable bonds is 5. The second kappa shape index (κ2) is 7.74. The van der Waals surface area contributed by atoms with Gasteiger partial charge >= 0.3 is 0 Å². The molecule has 1 saturated heterocycles. The topological polar surface area (TPSA) is 87.3 Å². The summed E-state index contributed by atoms with van der Waals surface area (Å²) >= 11 is 0. The highest BCUT2D eigenvalue weighted by molar-refractivity contribution is 7.89. The van der Waals surface area contributed by atoms with E-state index in [0.717, 1.165) is 19.4 Å². The van der Waals surface area contributed by atoms with Crippen LogP contribution in [-0.2, 0) is 14.8 Å². The molecule has 1 unspecified atom stereocenters. The van der Waals surface area contributed by atoms with Crippen LogP contribution in [0, 0.1) is 0 Å². The molecule has 118 valence electrons. The first-order valence-corrected chi connectivity index (χ1v) is 8.06. The van der Waals surface area contributed by atoms with E-state index in [4.69, 9.17) is 0 Å². The summed E-state index contributed by atoms with van der Waals surface area (Å²) in [7, 11) is -3.50. The molecule has 0 aromatic heterocycles. The second-order valence-corrected chi connectivity index (χ2v) is 6.62. The van der Waals surface area contributed by atoms with Gasteiger partial charge in [0.25, 0.3) is 0 Å². The van der Waals surface area contributed by atoms with Gasteiger partial charge in [0.05, 0.1) is 4.90 Å². The summed E-state index contributed by atoms with van der Waals surface area (Å²) in [5.74, 6) is -0.189. The molecule has 21 heavy (non-hydrogen) atoms. The van der Waals surface area contributed by atoms with E-state index in [9.17, 15) is 13.2 Å². The van der Waals surface area contributed by atoms with Gasteiger partial charge in [0, 0.05) is 25.2 Å². The molecule has 1 aromatic rings. The molecule has 1 heterocycles. The molecule has 1 aromatic carbocycles. The first-order valence-electron chi connectivity index (χ1n) is 6.58. The van der Waals surface area contributed by atoms with Crippen LogP contribution >= 0.6 is 12.4 Å². The molecule has 0 spiro atoms. The highest BCUT2D eigenvalue weighted by atomic mass is 35.5. The van der Waals surface area contributed by atoms with Gasteiger partial charge in [0.15, 0.2) is 0 Å². The Morgan fingerprint density at radius 3 is 2.52 bits per heavy atom. The average molecular weight is 334 g/mol. The molecule has 3 N–H and O–H groups in total. The first-order chi connectivity index (χ1) is 9.47. The van der Waals surface area contributed by atoms with Gasteiger partial charge in [-0.15, -0.1) is 12.4 Å². The SMILES string of the molecule is CC(=O)Nc1ccc(S(=O)(=O)NCC2CCCN2)cc1.Cl. The maximum Gasteiger partial charge on any atom is 0.240 e. The smallest absolute Gasteiger partial charge is 0.240 e. The predicted octanol–water partition coefficient (Wildman–Crippen LogP) is 1.10. The van der Waals surface area contributed by atoms with Crippen LogP contribution in [0.2, 0.25) is 0 Å². The third-order valence-electron chi connectivity index (χ3n) is 3.17. The first kappa shape index (κ1) is 17.9. The highest BCUT2D eigenvalue weighted by Gasteiger charge is 2.19. The van der Waals surface area contributed by atoms with Crippen molar-refractivity contribution in [3.63, 3.8) is 0 Å². The number of sulfonamides is 1. The van der Waals surface area contributed by atoms with Crippen molar-refractivity contribution in [3.05, 3.63) is 24.3 Å². The molecule has 8 heteroatoms. The quantitative estimate of drug-likeness (QED) is 0.753. The number of carbonyl (C=O) groups is 1. The number of anilines is 1. The van der Waals surface area contributed by atoms with Crippen LogP contribution in [0.3, 0.4) is 0 Å².